The number of piperidine rings is 1. The van der Waals surface area contributed by atoms with Crippen LogP contribution in [0.3, 0.4) is 0 Å². The highest BCUT2D eigenvalue weighted by Gasteiger charge is 2.34. The first-order valence-electron chi connectivity index (χ1n) is 11.1. The average Bonchev–Trinajstić information content (AvgIpc) is 3.58. The molecule has 5 nitrogen and oxygen atoms in total. The third kappa shape index (κ3) is 4.29. The maximum atomic E-state index is 13.6. The van der Waals surface area contributed by atoms with Crippen molar-refractivity contribution in [2.24, 2.45) is 5.92 Å². The number of para-hydroxylation sites is 1. The molecule has 154 valence electrons. The molecule has 2 aliphatic rings. The normalized spacial score (nSPS) is 21.9. The largest absolute Gasteiger partial charge is 0.356 e. The highest BCUT2D eigenvalue weighted by atomic mass is 16.2. The first-order chi connectivity index (χ1) is 14.1. The lowest BCUT2D eigenvalue weighted by Gasteiger charge is -2.37. The van der Waals surface area contributed by atoms with Gasteiger partial charge < -0.3 is 10.2 Å². The van der Waals surface area contributed by atoms with Crippen molar-refractivity contribution in [3.05, 3.63) is 41.6 Å². The van der Waals surface area contributed by atoms with Crippen LogP contribution in [0.5, 0.6) is 0 Å². The summed E-state index contributed by atoms with van der Waals surface area (Å²) >= 11 is 0. The zero-order valence-corrected chi connectivity index (χ0v) is 17.5. The van der Waals surface area contributed by atoms with Crippen molar-refractivity contribution in [1.29, 1.82) is 0 Å². The minimum atomic E-state index is -0.122. The van der Waals surface area contributed by atoms with E-state index in [1.54, 1.807) is 0 Å². The molecule has 0 radical (unpaired) electrons. The molecule has 0 bridgehead atoms. The lowest BCUT2D eigenvalue weighted by molar-refractivity contribution is -0.126. The molecule has 2 unspecified atom stereocenters. The first-order valence-corrected chi connectivity index (χ1v) is 11.1. The zero-order valence-electron chi connectivity index (χ0n) is 17.5. The van der Waals surface area contributed by atoms with Gasteiger partial charge in [0.2, 0.25) is 5.91 Å². The monoisotopic (exact) mass is 393 g/mol. The fourth-order valence-electron chi connectivity index (χ4n) is 4.25. The number of fused-ring (bicyclic) bond motifs is 1. The van der Waals surface area contributed by atoms with Crippen molar-refractivity contribution in [2.75, 3.05) is 13.1 Å². The Labute approximate surface area is 172 Å². The molecule has 29 heavy (non-hydrogen) atoms. The highest BCUT2D eigenvalue weighted by molar-refractivity contribution is 6.06. The molecule has 1 aromatic heterocycles. The molecule has 2 atom stereocenters. The van der Waals surface area contributed by atoms with Gasteiger partial charge in [0.1, 0.15) is 0 Å². The number of carbonyl (C=O) groups excluding carboxylic acids is 2. The molecule has 1 aromatic carbocycles. The molecule has 1 aliphatic carbocycles. The van der Waals surface area contributed by atoms with E-state index in [1.165, 1.54) is 0 Å². The lowest BCUT2D eigenvalue weighted by atomic mass is 9.91. The van der Waals surface area contributed by atoms with Crippen LogP contribution >= 0.6 is 0 Å². The number of rotatable bonds is 6. The van der Waals surface area contributed by atoms with Gasteiger partial charge in [0.15, 0.2) is 0 Å². The fourth-order valence-corrected chi connectivity index (χ4v) is 4.25. The molecule has 2 amide bonds. The summed E-state index contributed by atoms with van der Waals surface area (Å²) in [6, 6.07) is 10.0. The van der Waals surface area contributed by atoms with E-state index < -0.39 is 0 Å². The van der Waals surface area contributed by atoms with Gasteiger partial charge in [0, 0.05) is 36.1 Å². The van der Waals surface area contributed by atoms with Crippen molar-refractivity contribution in [2.45, 2.75) is 64.3 Å². The van der Waals surface area contributed by atoms with Crippen LogP contribution in [-0.2, 0) is 4.79 Å². The molecule has 2 aromatic rings. The molecule has 4 rings (SSSR count). The number of carbonyl (C=O) groups is 2. The maximum Gasteiger partial charge on any atom is 0.254 e. The Hall–Kier alpha value is -2.43. The second-order valence-corrected chi connectivity index (χ2v) is 8.61. The SMILES string of the molecule is CCCCNC(=O)C1CCC(C)N(C(=O)c2cc(C3CC3)nc3ccccc23)C1. The Balaban J connectivity index is 1.58. The quantitative estimate of drug-likeness (QED) is 0.746. The number of amides is 2. The van der Waals surface area contributed by atoms with E-state index in [1.807, 2.05) is 35.2 Å². The lowest BCUT2D eigenvalue weighted by Crippen LogP contribution is -2.49. The highest BCUT2D eigenvalue weighted by Crippen LogP contribution is 2.40. The Morgan fingerprint density at radius 2 is 1.97 bits per heavy atom. The van der Waals surface area contributed by atoms with Crippen molar-refractivity contribution in [3.63, 3.8) is 0 Å². The van der Waals surface area contributed by atoms with Crippen LogP contribution in [0, 0.1) is 5.92 Å². The van der Waals surface area contributed by atoms with Gasteiger partial charge in [-0.25, -0.2) is 0 Å². The summed E-state index contributed by atoms with van der Waals surface area (Å²) in [4.78, 5) is 32.9. The Bertz CT molecular complexity index is 906. The summed E-state index contributed by atoms with van der Waals surface area (Å²) in [5.74, 6) is 0.482. The smallest absolute Gasteiger partial charge is 0.254 e. The van der Waals surface area contributed by atoms with E-state index in [4.69, 9.17) is 4.98 Å². The third-order valence-corrected chi connectivity index (χ3v) is 6.31. The number of pyridine rings is 1. The molecule has 1 saturated heterocycles. The number of hydrogen-bond acceptors (Lipinski definition) is 3. The Kier molecular flexibility index (Phi) is 5.84. The van der Waals surface area contributed by atoms with Crippen molar-refractivity contribution in [1.82, 2.24) is 15.2 Å². The van der Waals surface area contributed by atoms with E-state index in [2.05, 4.69) is 19.2 Å². The Morgan fingerprint density at radius 3 is 2.72 bits per heavy atom. The summed E-state index contributed by atoms with van der Waals surface area (Å²) in [7, 11) is 0. The topological polar surface area (TPSA) is 62.3 Å². The predicted molar refractivity (Wildman–Crippen MR) is 115 cm³/mol. The zero-order chi connectivity index (χ0) is 20.4. The van der Waals surface area contributed by atoms with Gasteiger partial charge in [-0.3, -0.25) is 14.6 Å². The molecule has 5 heteroatoms. The van der Waals surface area contributed by atoms with Crippen LogP contribution in [0.4, 0.5) is 0 Å². The minimum Gasteiger partial charge on any atom is -0.356 e. The number of nitrogens with zero attached hydrogens (tertiary/aromatic N) is 2. The van der Waals surface area contributed by atoms with Crippen LogP contribution in [0.1, 0.15) is 74.3 Å². The van der Waals surface area contributed by atoms with E-state index in [-0.39, 0.29) is 23.8 Å². The van der Waals surface area contributed by atoms with Gasteiger partial charge in [-0.05, 0) is 51.2 Å². The Morgan fingerprint density at radius 1 is 1.17 bits per heavy atom. The molecule has 1 aliphatic heterocycles. The minimum absolute atomic E-state index is 0.0315. The standard InChI is InChI=1S/C24H31N3O2/c1-3-4-13-25-23(28)18-10-9-16(2)27(15-18)24(29)20-14-22(17-11-12-17)26-21-8-6-5-7-19(20)21/h5-8,14,16-18H,3-4,9-13,15H2,1-2H3,(H,25,28). The number of unbranched alkanes of at least 4 members (excludes halogenated alkanes) is 1. The fraction of sp³-hybridized carbons (Fsp3) is 0.542. The molecule has 1 N–H and O–H groups in total. The van der Waals surface area contributed by atoms with Gasteiger partial charge in [-0.2, -0.15) is 0 Å². The summed E-state index contributed by atoms with van der Waals surface area (Å²) in [6.07, 6.45) is 6.05. The van der Waals surface area contributed by atoms with Crippen LogP contribution in [-0.4, -0.2) is 40.8 Å². The predicted octanol–water partition coefficient (Wildman–Crippen LogP) is 4.27. The second kappa shape index (κ2) is 8.52. The van der Waals surface area contributed by atoms with Gasteiger partial charge in [-0.15, -0.1) is 0 Å². The number of benzene rings is 1. The number of aromatic nitrogens is 1. The van der Waals surface area contributed by atoms with Crippen LogP contribution in [0.15, 0.2) is 30.3 Å². The van der Waals surface area contributed by atoms with Gasteiger partial charge in [0.25, 0.3) is 5.91 Å². The van der Waals surface area contributed by atoms with E-state index >= 15 is 0 Å². The van der Waals surface area contributed by atoms with Crippen LogP contribution in [0.2, 0.25) is 0 Å². The van der Waals surface area contributed by atoms with E-state index in [0.29, 0.717) is 12.5 Å². The molecule has 2 fully saturated rings. The van der Waals surface area contributed by atoms with E-state index in [0.717, 1.165) is 67.2 Å². The molecular formula is C24H31N3O2. The van der Waals surface area contributed by atoms with E-state index in [9.17, 15) is 9.59 Å². The molecule has 2 heterocycles. The molecule has 0 spiro atoms. The van der Waals surface area contributed by atoms with Crippen molar-refractivity contribution >= 4 is 22.7 Å². The summed E-state index contributed by atoms with van der Waals surface area (Å²) in [6.45, 7) is 5.42. The van der Waals surface area contributed by atoms with Crippen LogP contribution < -0.4 is 5.32 Å². The molecular weight excluding hydrogens is 362 g/mol. The van der Waals surface area contributed by atoms with Crippen molar-refractivity contribution < 1.29 is 9.59 Å². The van der Waals surface area contributed by atoms with Crippen molar-refractivity contribution in [3.8, 4) is 0 Å². The summed E-state index contributed by atoms with van der Waals surface area (Å²) in [5, 5.41) is 3.95. The number of hydrogen-bond donors (Lipinski definition) is 1. The van der Waals surface area contributed by atoms with Gasteiger partial charge in [0.05, 0.1) is 17.0 Å². The van der Waals surface area contributed by atoms with Gasteiger partial charge in [-0.1, -0.05) is 31.5 Å². The molecule has 1 saturated carbocycles. The second-order valence-electron chi connectivity index (χ2n) is 8.61. The first kappa shape index (κ1) is 19.9. The average molecular weight is 394 g/mol. The number of likely N-dealkylation sites (tertiary alicyclic amines) is 1. The van der Waals surface area contributed by atoms with Crippen LogP contribution in [0.25, 0.3) is 10.9 Å². The summed E-state index contributed by atoms with van der Waals surface area (Å²) < 4.78 is 0. The maximum absolute atomic E-state index is 13.6. The summed E-state index contributed by atoms with van der Waals surface area (Å²) in [5.41, 5.74) is 2.65. The number of nitrogens with one attached hydrogen (secondary N) is 1. The van der Waals surface area contributed by atoms with Gasteiger partial charge >= 0.3 is 0 Å². The third-order valence-electron chi connectivity index (χ3n) is 6.31.